The first-order chi connectivity index (χ1) is 9.60. The van der Waals surface area contributed by atoms with Gasteiger partial charge in [-0.1, -0.05) is 0 Å². The maximum atomic E-state index is 11.4. The van der Waals surface area contributed by atoms with Gasteiger partial charge in [-0.3, -0.25) is 4.79 Å². The third-order valence-corrected chi connectivity index (χ3v) is 2.69. The fraction of sp³-hybridized carbons (Fsp3) is 0.231. The zero-order valence-electron chi connectivity index (χ0n) is 11.3. The highest BCUT2D eigenvalue weighted by Crippen LogP contribution is 2.43. The quantitative estimate of drug-likeness (QED) is 0.872. The van der Waals surface area contributed by atoms with Gasteiger partial charge in [-0.2, -0.15) is 4.98 Å². The van der Waals surface area contributed by atoms with Gasteiger partial charge in [0.1, 0.15) is 5.82 Å². The van der Waals surface area contributed by atoms with Gasteiger partial charge in [-0.05, 0) is 12.1 Å². The minimum absolute atomic E-state index is 0.174. The van der Waals surface area contributed by atoms with Gasteiger partial charge in [0.05, 0.1) is 33.0 Å². The largest absolute Gasteiger partial charge is 0.493 e. The smallest absolute Gasteiger partial charge is 0.254 e. The first-order valence-corrected chi connectivity index (χ1v) is 5.70. The molecule has 1 aromatic carbocycles. The number of aromatic amines is 1. The summed E-state index contributed by atoms with van der Waals surface area (Å²) in [5.74, 6) is 1.00. The molecule has 0 fully saturated rings. The summed E-state index contributed by atoms with van der Waals surface area (Å²) < 4.78 is 15.7. The SMILES string of the molecule is COc1ccc(-c2nc(O)cc(=O)[nH]2)c(OC)c1OC. The van der Waals surface area contributed by atoms with E-state index in [4.69, 9.17) is 14.2 Å². The number of ether oxygens (including phenoxy) is 3. The molecule has 1 heterocycles. The van der Waals surface area contributed by atoms with E-state index in [1.54, 1.807) is 12.1 Å². The van der Waals surface area contributed by atoms with E-state index in [1.165, 1.54) is 21.3 Å². The van der Waals surface area contributed by atoms with Crippen LogP contribution in [0.1, 0.15) is 0 Å². The lowest BCUT2D eigenvalue weighted by Crippen LogP contribution is -2.07. The van der Waals surface area contributed by atoms with Crippen LogP contribution in [0.25, 0.3) is 11.4 Å². The summed E-state index contributed by atoms with van der Waals surface area (Å²) in [6.45, 7) is 0. The summed E-state index contributed by atoms with van der Waals surface area (Å²) in [4.78, 5) is 17.8. The van der Waals surface area contributed by atoms with E-state index < -0.39 is 5.56 Å². The molecule has 1 aromatic heterocycles. The predicted molar refractivity (Wildman–Crippen MR) is 71.6 cm³/mol. The summed E-state index contributed by atoms with van der Waals surface area (Å²) >= 11 is 0. The second-order valence-electron chi connectivity index (χ2n) is 3.83. The molecule has 2 rings (SSSR count). The second kappa shape index (κ2) is 5.52. The van der Waals surface area contributed by atoms with Crippen molar-refractivity contribution in [3.63, 3.8) is 0 Å². The Kier molecular flexibility index (Phi) is 3.79. The number of rotatable bonds is 4. The maximum absolute atomic E-state index is 11.4. The van der Waals surface area contributed by atoms with Crippen molar-refractivity contribution >= 4 is 0 Å². The number of nitrogens with zero attached hydrogens (tertiary/aromatic N) is 1. The van der Waals surface area contributed by atoms with Crippen molar-refractivity contribution in [2.75, 3.05) is 21.3 Å². The molecule has 0 atom stereocenters. The summed E-state index contributed by atoms with van der Waals surface area (Å²) in [6.07, 6.45) is 0. The molecule has 0 aliphatic carbocycles. The minimum atomic E-state index is -0.468. The Hall–Kier alpha value is -2.70. The van der Waals surface area contributed by atoms with Crippen molar-refractivity contribution in [3.8, 4) is 34.5 Å². The minimum Gasteiger partial charge on any atom is -0.493 e. The zero-order valence-corrected chi connectivity index (χ0v) is 11.3. The molecule has 106 valence electrons. The lowest BCUT2D eigenvalue weighted by molar-refractivity contribution is 0.325. The Bertz CT molecular complexity index is 681. The van der Waals surface area contributed by atoms with Crippen molar-refractivity contribution in [1.82, 2.24) is 9.97 Å². The number of hydrogen-bond acceptors (Lipinski definition) is 6. The molecular weight excluding hydrogens is 264 g/mol. The van der Waals surface area contributed by atoms with E-state index >= 15 is 0 Å². The molecule has 0 radical (unpaired) electrons. The van der Waals surface area contributed by atoms with Crippen LogP contribution in [-0.2, 0) is 0 Å². The van der Waals surface area contributed by atoms with Crippen LogP contribution in [0.3, 0.4) is 0 Å². The Morgan fingerprint density at radius 3 is 2.35 bits per heavy atom. The summed E-state index contributed by atoms with van der Waals surface area (Å²) in [6, 6.07) is 4.29. The molecule has 0 bridgehead atoms. The molecule has 0 aliphatic rings. The molecule has 0 amide bonds. The van der Waals surface area contributed by atoms with Crippen LogP contribution in [0.5, 0.6) is 23.1 Å². The van der Waals surface area contributed by atoms with Crippen LogP contribution >= 0.6 is 0 Å². The van der Waals surface area contributed by atoms with Crippen LogP contribution in [-0.4, -0.2) is 36.4 Å². The number of methoxy groups -OCH3 is 3. The van der Waals surface area contributed by atoms with Gasteiger partial charge in [-0.15, -0.1) is 0 Å². The number of H-pyrrole nitrogens is 1. The monoisotopic (exact) mass is 278 g/mol. The summed E-state index contributed by atoms with van der Waals surface area (Å²) in [7, 11) is 4.44. The first-order valence-electron chi connectivity index (χ1n) is 5.70. The van der Waals surface area contributed by atoms with Crippen LogP contribution < -0.4 is 19.8 Å². The highest BCUT2D eigenvalue weighted by Gasteiger charge is 2.18. The van der Waals surface area contributed by atoms with Crippen LogP contribution in [0, 0.1) is 0 Å². The Morgan fingerprint density at radius 2 is 1.80 bits per heavy atom. The lowest BCUT2D eigenvalue weighted by atomic mass is 10.1. The average Bonchev–Trinajstić information content (AvgIpc) is 2.44. The third kappa shape index (κ3) is 2.37. The standard InChI is InChI=1S/C13H14N2O5/c1-18-8-5-4-7(11(19-2)12(8)20-3)13-14-9(16)6-10(17)15-13/h4-6H,1-3H3,(H2,14,15,16,17). The van der Waals surface area contributed by atoms with Crippen molar-refractivity contribution in [2.45, 2.75) is 0 Å². The average molecular weight is 278 g/mol. The fourth-order valence-electron chi connectivity index (χ4n) is 1.86. The van der Waals surface area contributed by atoms with Gasteiger partial charge in [0.15, 0.2) is 11.5 Å². The Morgan fingerprint density at radius 1 is 1.10 bits per heavy atom. The molecule has 0 saturated heterocycles. The van der Waals surface area contributed by atoms with Gasteiger partial charge in [0, 0.05) is 0 Å². The number of nitrogens with one attached hydrogen (secondary N) is 1. The van der Waals surface area contributed by atoms with Crippen molar-refractivity contribution in [3.05, 3.63) is 28.6 Å². The number of benzene rings is 1. The topological polar surface area (TPSA) is 93.7 Å². The third-order valence-electron chi connectivity index (χ3n) is 2.69. The van der Waals surface area contributed by atoms with Crippen LogP contribution in [0.15, 0.2) is 23.0 Å². The molecule has 20 heavy (non-hydrogen) atoms. The first kappa shape index (κ1) is 13.7. The summed E-state index contributed by atoms with van der Waals surface area (Å²) in [5, 5.41) is 9.42. The van der Waals surface area contributed by atoms with E-state index in [2.05, 4.69) is 9.97 Å². The molecule has 0 spiro atoms. The van der Waals surface area contributed by atoms with E-state index in [-0.39, 0.29) is 11.7 Å². The van der Waals surface area contributed by atoms with E-state index in [0.717, 1.165) is 6.07 Å². The maximum Gasteiger partial charge on any atom is 0.254 e. The Labute approximate surface area is 114 Å². The molecule has 7 nitrogen and oxygen atoms in total. The van der Waals surface area contributed by atoms with Gasteiger partial charge in [-0.25, -0.2) is 0 Å². The molecule has 0 aliphatic heterocycles. The highest BCUT2D eigenvalue weighted by atomic mass is 16.5. The molecule has 2 N–H and O–H groups in total. The van der Waals surface area contributed by atoms with Gasteiger partial charge >= 0.3 is 0 Å². The number of aromatic nitrogens is 2. The number of hydrogen-bond donors (Lipinski definition) is 2. The normalized spacial score (nSPS) is 10.2. The predicted octanol–water partition coefficient (Wildman–Crippen LogP) is 1.17. The molecular formula is C13H14N2O5. The van der Waals surface area contributed by atoms with Crippen LogP contribution in [0.4, 0.5) is 0 Å². The molecule has 0 saturated carbocycles. The molecule has 2 aromatic rings. The highest BCUT2D eigenvalue weighted by molar-refractivity contribution is 5.72. The second-order valence-corrected chi connectivity index (χ2v) is 3.83. The van der Waals surface area contributed by atoms with Gasteiger partial charge < -0.3 is 24.3 Å². The van der Waals surface area contributed by atoms with Crippen molar-refractivity contribution in [2.24, 2.45) is 0 Å². The zero-order chi connectivity index (χ0) is 14.7. The fourth-order valence-corrected chi connectivity index (χ4v) is 1.86. The van der Waals surface area contributed by atoms with Crippen LogP contribution in [0.2, 0.25) is 0 Å². The van der Waals surface area contributed by atoms with E-state index in [1.807, 2.05) is 0 Å². The van der Waals surface area contributed by atoms with Gasteiger partial charge in [0.2, 0.25) is 11.6 Å². The van der Waals surface area contributed by atoms with Gasteiger partial charge in [0.25, 0.3) is 5.56 Å². The van der Waals surface area contributed by atoms with E-state index in [0.29, 0.717) is 22.8 Å². The lowest BCUT2D eigenvalue weighted by Gasteiger charge is -2.15. The number of aromatic hydroxyl groups is 1. The Balaban J connectivity index is 2.70. The summed E-state index contributed by atoms with van der Waals surface area (Å²) in [5.41, 5.74) is 0.00230. The van der Waals surface area contributed by atoms with Crippen molar-refractivity contribution < 1.29 is 19.3 Å². The van der Waals surface area contributed by atoms with Crippen molar-refractivity contribution in [1.29, 1.82) is 0 Å². The van der Waals surface area contributed by atoms with E-state index in [9.17, 15) is 9.90 Å². The molecule has 0 unspecified atom stereocenters. The molecule has 7 heteroatoms.